The maximum Gasteiger partial charge on any atom is 0.167 e. The van der Waals surface area contributed by atoms with Gasteiger partial charge in [0, 0.05) is 34.6 Å². The molecule has 5 nitrogen and oxygen atoms in total. The Bertz CT molecular complexity index is 778. The highest BCUT2D eigenvalue weighted by atomic mass is 16.1. The van der Waals surface area contributed by atoms with Gasteiger partial charge in [-0.2, -0.15) is 0 Å². The lowest BCUT2D eigenvalue weighted by molar-refractivity contribution is 0.100. The lowest BCUT2D eigenvalue weighted by atomic mass is 10.0. The van der Waals surface area contributed by atoms with Gasteiger partial charge in [-0.15, -0.1) is 0 Å². The lowest BCUT2D eigenvalue weighted by Gasteiger charge is -2.03. The Morgan fingerprint density at radius 3 is 1.95 bits per heavy atom. The first-order valence-electron chi connectivity index (χ1n) is 7.14. The molecule has 0 bridgehead atoms. The first kappa shape index (κ1) is 15.9. The van der Waals surface area contributed by atoms with Crippen LogP contribution in [0.4, 0.5) is 0 Å². The van der Waals surface area contributed by atoms with Crippen LogP contribution in [-0.4, -0.2) is 27.8 Å². The molecule has 2 aromatic heterocycles. The molecule has 2 rings (SSSR count). The molecule has 116 valence electrons. The summed E-state index contributed by atoms with van der Waals surface area (Å²) < 4.78 is 0. The summed E-state index contributed by atoms with van der Waals surface area (Å²) in [6.07, 6.45) is 1.11. The summed E-state index contributed by atoms with van der Waals surface area (Å²) in [5.74, 6) is -0.142. The van der Waals surface area contributed by atoms with E-state index in [1.807, 2.05) is 20.8 Å². The summed E-state index contributed by atoms with van der Waals surface area (Å²) in [6.45, 7) is 8.62. The zero-order valence-corrected chi connectivity index (χ0v) is 13.5. The van der Waals surface area contributed by atoms with Crippen molar-refractivity contribution in [2.24, 2.45) is 0 Å². The fourth-order valence-corrected chi connectivity index (χ4v) is 2.97. The van der Waals surface area contributed by atoms with Crippen LogP contribution in [0.5, 0.6) is 0 Å². The highest BCUT2D eigenvalue weighted by Crippen LogP contribution is 2.25. The van der Waals surface area contributed by atoms with Gasteiger partial charge in [0.25, 0.3) is 0 Å². The monoisotopic (exact) mass is 300 g/mol. The van der Waals surface area contributed by atoms with Gasteiger partial charge in [0.2, 0.25) is 0 Å². The van der Waals surface area contributed by atoms with Crippen molar-refractivity contribution < 1.29 is 14.4 Å². The third kappa shape index (κ3) is 2.54. The molecule has 0 spiro atoms. The molecule has 0 amide bonds. The number of ketones is 2. The van der Waals surface area contributed by atoms with Gasteiger partial charge in [0.15, 0.2) is 17.9 Å². The lowest BCUT2D eigenvalue weighted by Crippen LogP contribution is -2.01. The third-order valence-corrected chi connectivity index (χ3v) is 4.14. The Labute approximate surface area is 129 Å². The molecular formula is C17H20N2O3. The molecule has 0 saturated heterocycles. The predicted molar refractivity (Wildman–Crippen MR) is 84.0 cm³/mol. The molecule has 5 heteroatoms. The SMILES string of the molecule is CC(=O)c1c(C=O)[nH]c(Cc2[nH]c(C)c(C)c2C(C)=O)c1C. The molecular weight excluding hydrogens is 280 g/mol. The van der Waals surface area contributed by atoms with Crippen LogP contribution < -0.4 is 0 Å². The van der Waals surface area contributed by atoms with E-state index in [1.54, 1.807) is 6.92 Å². The number of nitrogens with one attached hydrogen (secondary N) is 2. The van der Waals surface area contributed by atoms with E-state index in [4.69, 9.17) is 0 Å². The molecule has 0 fully saturated rings. The van der Waals surface area contributed by atoms with Crippen LogP contribution in [0, 0.1) is 20.8 Å². The number of aldehydes is 1. The topological polar surface area (TPSA) is 82.8 Å². The van der Waals surface area contributed by atoms with Gasteiger partial charge < -0.3 is 9.97 Å². The number of aromatic nitrogens is 2. The Kier molecular flexibility index (Phi) is 4.17. The van der Waals surface area contributed by atoms with E-state index in [-0.39, 0.29) is 11.6 Å². The molecule has 0 aromatic carbocycles. The zero-order valence-electron chi connectivity index (χ0n) is 13.5. The first-order valence-corrected chi connectivity index (χ1v) is 7.14. The van der Waals surface area contributed by atoms with Crippen molar-refractivity contribution in [3.05, 3.63) is 45.0 Å². The van der Waals surface area contributed by atoms with Crippen molar-refractivity contribution in [2.75, 3.05) is 0 Å². The Morgan fingerprint density at radius 1 is 0.909 bits per heavy atom. The summed E-state index contributed by atoms with van der Waals surface area (Å²) in [4.78, 5) is 40.9. The molecule has 22 heavy (non-hydrogen) atoms. The van der Waals surface area contributed by atoms with Crippen LogP contribution in [-0.2, 0) is 6.42 Å². The van der Waals surface area contributed by atoms with Crippen LogP contribution in [0.15, 0.2) is 0 Å². The van der Waals surface area contributed by atoms with Gasteiger partial charge in [-0.1, -0.05) is 0 Å². The van der Waals surface area contributed by atoms with E-state index in [9.17, 15) is 14.4 Å². The number of H-pyrrole nitrogens is 2. The number of aromatic amines is 2. The van der Waals surface area contributed by atoms with Crippen molar-refractivity contribution in [1.29, 1.82) is 0 Å². The molecule has 2 heterocycles. The normalized spacial score (nSPS) is 10.8. The van der Waals surface area contributed by atoms with Crippen LogP contribution in [0.2, 0.25) is 0 Å². The van der Waals surface area contributed by atoms with Crippen LogP contribution in [0.25, 0.3) is 0 Å². The number of Topliss-reactive ketones (excluding diaryl/α,β-unsaturated/α-hetero) is 2. The fourth-order valence-electron chi connectivity index (χ4n) is 2.97. The van der Waals surface area contributed by atoms with Gasteiger partial charge in [-0.25, -0.2) is 0 Å². The zero-order chi connectivity index (χ0) is 16.6. The molecule has 0 radical (unpaired) electrons. The predicted octanol–water partition coefficient (Wildman–Crippen LogP) is 3.08. The Balaban J connectivity index is 2.53. The van der Waals surface area contributed by atoms with Gasteiger partial charge in [0.05, 0.1) is 5.69 Å². The minimum absolute atomic E-state index is 0.00320. The minimum Gasteiger partial charge on any atom is -0.361 e. The van der Waals surface area contributed by atoms with Crippen molar-refractivity contribution in [1.82, 2.24) is 9.97 Å². The molecule has 0 aliphatic rings. The molecule has 0 atom stereocenters. The number of hydrogen-bond acceptors (Lipinski definition) is 3. The third-order valence-electron chi connectivity index (χ3n) is 4.14. The van der Waals surface area contributed by atoms with Crippen LogP contribution in [0.1, 0.15) is 73.3 Å². The average molecular weight is 300 g/mol. The van der Waals surface area contributed by atoms with E-state index in [1.165, 1.54) is 6.92 Å². The second-order valence-electron chi connectivity index (χ2n) is 5.65. The summed E-state index contributed by atoms with van der Waals surface area (Å²) >= 11 is 0. The van der Waals surface area contributed by atoms with Crippen LogP contribution in [0.3, 0.4) is 0 Å². The van der Waals surface area contributed by atoms with Gasteiger partial charge in [-0.3, -0.25) is 14.4 Å². The van der Waals surface area contributed by atoms with E-state index >= 15 is 0 Å². The summed E-state index contributed by atoms with van der Waals surface area (Å²) in [5, 5.41) is 0. The number of carbonyl (C=O) groups excluding carboxylic acids is 3. The van der Waals surface area contributed by atoms with Crippen molar-refractivity contribution in [3.8, 4) is 0 Å². The maximum atomic E-state index is 11.9. The molecule has 0 aliphatic carbocycles. The largest absolute Gasteiger partial charge is 0.361 e. The minimum atomic E-state index is -0.146. The van der Waals surface area contributed by atoms with Gasteiger partial charge >= 0.3 is 0 Å². The molecule has 0 saturated carbocycles. The van der Waals surface area contributed by atoms with Crippen molar-refractivity contribution in [2.45, 2.75) is 41.0 Å². The van der Waals surface area contributed by atoms with Gasteiger partial charge in [-0.05, 0) is 45.7 Å². The van der Waals surface area contributed by atoms with E-state index < -0.39 is 0 Å². The number of carbonyl (C=O) groups is 3. The number of aryl methyl sites for hydroxylation is 1. The molecule has 2 aromatic rings. The highest BCUT2D eigenvalue weighted by Gasteiger charge is 2.21. The Hall–Kier alpha value is -2.43. The second kappa shape index (κ2) is 5.75. The standard InChI is InChI=1S/C17H20N2O3/c1-8-10(3)18-14(16(8)11(4)21)6-13-9(2)17(12(5)22)15(7-20)19-13/h7,18-19H,6H2,1-5H3. The molecule has 0 unspecified atom stereocenters. The van der Waals surface area contributed by atoms with E-state index in [2.05, 4.69) is 9.97 Å². The highest BCUT2D eigenvalue weighted by molar-refractivity contribution is 6.02. The number of hydrogen-bond donors (Lipinski definition) is 2. The molecule has 0 aliphatic heterocycles. The van der Waals surface area contributed by atoms with Crippen LogP contribution >= 0.6 is 0 Å². The fraction of sp³-hybridized carbons (Fsp3) is 0.353. The summed E-state index contributed by atoms with van der Waals surface area (Å²) in [7, 11) is 0. The second-order valence-corrected chi connectivity index (χ2v) is 5.65. The maximum absolute atomic E-state index is 11.9. The first-order chi connectivity index (χ1) is 10.3. The smallest absolute Gasteiger partial charge is 0.167 e. The summed E-state index contributed by atoms with van der Waals surface area (Å²) in [6, 6.07) is 0. The van der Waals surface area contributed by atoms with Crippen molar-refractivity contribution in [3.63, 3.8) is 0 Å². The summed E-state index contributed by atoms with van der Waals surface area (Å²) in [5.41, 5.74) is 5.63. The van der Waals surface area contributed by atoms with E-state index in [0.29, 0.717) is 29.5 Å². The molecule has 2 N–H and O–H groups in total. The quantitative estimate of drug-likeness (QED) is 0.657. The van der Waals surface area contributed by atoms with Crippen molar-refractivity contribution >= 4 is 17.9 Å². The average Bonchev–Trinajstić information content (AvgIpc) is 2.88. The van der Waals surface area contributed by atoms with Gasteiger partial charge in [0.1, 0.15) is 0 Å². The Morgan fingerprint density at radius 2 is 1.50 bits per heavy atom. The number of rotatable bonds is 5. The van der Waals surface area contributed by atoms with E-state index in [0.717, 1.165) is 28.2 Å².